The molecule has 0 atom stereocenters. The van der Waals surface area contributed by atoms with E-state index in [-0.39, 0.29) is 5.91 Å². The number of halogens is 2. The predicted octanol–water partition coefficient (Wildman–Crippen LogP) is 4.38. The molecule has 2 aromatic carbocycles. The average molecular weight is 335 g/mol. The second-order valence-corrected chi connectivity index (χ2v) is 6.01. The molecule has 0 aliphatic carbocycles. The van der Waals surface area contributed by atoms with Gasteiger partial charge in [0.15, 0.2) is 0 Å². The Balaban J connectivity index is 1.60. The van der Waals surface area contributed by atoms with Crippen molar-refractivity contribution in [3.8, 4) is 0 Å². The summed E-state index contributed by atoms with van der Waals surface area (Å²) in [5.41, 5.74) is 2.95. The van der Waals surface area contributed by atoms with E-state index >= 15 is 0 Å². The van der Waals surface area contributed by atoms with E-state index in [9.17, 15) is 4.79 Å². The smallest absolute Gasteiger partial charge is 0.228 e. The third-order valence-corrected chi connectivity index (χ3v) is 4.42. The van der Waals surface area contributed by atoms with E-state index in [4.69, 9.17) is 23.2 Å². The van der Waals surface area contributed by atoms with Gasteiger partial charge in [0, 0.05) is 25.2 Å². The zero-order valence-electron chi connectivity index (χ0n) is 12.0. The number of para-hydroxylation sites is 2. The van der Waals surface area contributed by atoms with Gasteiger partial charge in [-0.15, -0.1) is 0 Å². The van der Waals surface area contributed by atoms with Crippen LogP contribution in [0.3, 0.4) is 0 Å². The minimum Gasteiger partial charge on any atom is -0.382 e. The number of rotatable bonds is 4. The topological polar surface area (TPSA) is 32.3 Å². The van der Waals surface area contributed by atoms with Crippen LogP contribution in [0.1, 0.15) is 12.0 Å². The molecule has 114 valence electrons. The maximum atomic E-state index is 12.4. The van der Waals surface area contributed by atoms with Crippen LogP contribution < -0.4 is 10.2 Å². The molecular weight excluding hydrogens is 319 g/mol. The molecule has 5 heteroatoms. The van der Waals surface area contributed by atoms with Crippen molar-refractivity contribution in [1.29, 1.82) is 0 Å². The first-order valence-electron chi connectivity index (χ1n) is 7.23. The summed E-state index contributed by atoms with van der Waals surface area (Å²) < 4.78 is 0. The fourth-order valence-electron chi connectivity index (χ4n) is 2.69. The van der Waals surface area contributed by atoms with Crippen molar-refractivity contribution in [2.24, 2.45) is 0 Å². The van der Waals surface area contributed by atoms with E-state index in [0.717, 1.165) is 18.7 Å². The molecule has 1 aliphatic heterocycles. The van der Waals surface area contributed by atoms with E-state index in [0.29, 0.717) is 28.7 Å². The number of nitrogens with one attached hydrogen (secondary N) is 1. The number of hydrogen-bond donors (Lipinski definition) is 1. The Morgan fingerprint density at radius 1 is 1.09 bits per heavy atom. The third-order valence-electron chi connectivity index (χ3n) is 3.79. The van der Waals surface area contributed by atoms with Crippen molar-refractivity contribution >= 4 is 40.5 Å². The number of carbonyl (C=O) groups is 1. The molecule has 0 bridgehead atoms. The number of fused-ring (bicyclic) bond motifs is 1. The van der Waals surface area contributed by atoms with Crippen molar-refractivity contribution in [2.45, 2.75) is 12.8 Å². The Labute approximate surface area is 139 Å². The summed E-state index contributed by atoms with van der Waals surface area (Å²) in [5.74, 6) is 0.112. The zero-order valence-corrected chi connectivity index (χ0v) is 13.5. The number of amides is 1. The summed E-state index contributed by atoms with van der Waals surface area (Å²) in [4.78, 5) is 14.2. The molecule has 1 N–H and O–H groups in total. The fourth-order valence-corrected chi connectivity index (χ4v) is 3.22. The molecule has 1 amide bonds. The highest BCUT2D eigenvalue weighted by Gasteiger charge is 2.23. The standard InChI is InChI=1S/C17H16Cl2N2O/c18-13-5-3-6-14(19)17(13)20-10-8-16(22)21-11-9-12-4-1-2-7-15(12)21/h1-7,20H,8-11H2. The fraction of sp³-hybridized carbons (Fsp3) is 0.235. The van der Waals surface area contributed by atoms with E-state index in [1.807, 2.05) is 23.1 Å². The second-order valence-electron chi connectivity index (χ2n) is 5.20. The summed E-state index contributed by atoms with van der Waals surface area (Å²) in [7, 11) is 0. The number of carbonyl (C=O) groups excluding carboxylic acids is 1. The van der Waals surface area contributed by atoms with Crippen LogP contribution in [0, 0.1) is 0 Å². The van der Waals surface area contributed by atoms with Crippen LogP contribution >= 0.6 is 23.2 Å². The first kappa shape index (κ1) is 15.2. The monoisotopic (exact) mass is 334 g/mol. The molecule has 0 saturated heterocycles. The molecule has 3 rings (SSSR count). The van der Waals surface area contributed by atoms with Gasteiger partial charge in [-0.05, 0) is 30.2 Å². The Morgan fingerprint density at radius 2 is 1.82 bits per heavy atom. The number of benzene rings is 2. The second kappa shape index (κ2) is 6.59. The maximum Gasteiger partial charge on any atom is 0.228 e. The van der Waals surface area contributed by atoms with E-state index < -0.39 is 0 Å². The lowest BCUT2D eigenvalue weighted by atomic mass is 10.2. The lowest BCUT2D eigenvalue weighted by molar-refractivity contribution is -0.118. The van der Waals surface area contributed by atoms with Crippen LogP contribution in [-0.2, 0) is 11.2 Å². The Morgan fingerprint density at radius 3 is 2.59 bits per heavy atom. The molecule has 22 heavy (non-hydrogen) atoms. The van der Waals surface area contributed by atoms with Gasteiger partial charge in [0.25, 0.3) is 0 Å². The van der Waals surface area contributed by atoms with Crippen molar-refractivity contribution in [1.82, 2.24) is 0 Å². The van der Waals surface area contributed by atoms with Gasteiger partial charge in [-0.25, -0.2) is 0 Å². The maximum absolute atomic E-state index is 12.4. The minimum absolute atomic E-state index is 0.112. The van der Waals surface area contributed by atoms with Crippen LogP contribution in [-0.4, -0.2) is 19.0 Å². The van der Waals surface area contributed by atoms with Gasteiger partial charge < -0.3 is 10.2 Å². The van der Waals surface area contributed by atoms with Gasteiger partial charge in [0.2, 0.25) is 5.91 Å². The molecule has 1 aliphatic rings. The summed E-state index contributed by atoms with van der Waals surface area (Å²) in [6.07, 6.45) is 1.32. The highest BCUT2D eigenvalue weighted by Crippen LogP contribution is 2.30. The Hall–Kier alpha value is -1.71. The molecule has 0 radical (unpaired) electrons. The average Bonchev–Trinajstić information content (AvgIpc) is 2.94. The van der Waals surface area contributed by atoms with Crippen molar-refractivity contribution in [3.05, 3.63) is 58.1 Å². The lowest BCUT2D eigenvalue weighted by Crippen LogP contribution is -2.30. The van der Waals surface area contributed by atoms with Gasteiger partial charge in [-0.1, -0.05) is 47.5 Å². The summed E-state index contributed by atoms with van der Waals surface area (Å²) in [6, 6.07) is 13.4. The molecular formula is C17H16Cl2N2O. The largest absolute Gasteiger partial charge is 0.382 e. The molecule has 0 unspecified atom stereocenters. The Kier molecular flexibility index (Phi) is 4.55. The van der Waals surface area contributed by atoms with Crippen LogP contribution in [0.15, 0.2) is 42.5 Å². The normalized spacial score (nSPS) is 13.1. The first-order chi connectivity index (χ1) is 10.7. The molecule has 1 heterocycles. The van der Waals surface area contributed by atoms with Crippen LogP contribution in [0.5, 0.6) is 0 Å². The first-order valence-corrected chi connectivity index (χ1v) is 7.98. The summed E-state index contributed by atoms with van der Waals surface area (Å²) in [5, 5.41) is 4.27. The number of nitrogens with zero attached hydrogens (tertiary/aromatic N) is 1. The summed E-state index contributed by atoms with van der Waals surface area (Å²) >= 11 is 12.2. The zero-order chi connectivity index (χ0) is 15.5. The molecule has 0 fully saturated rings. The van der Waals surface area contributed by atoms with Crippen LogP contribution in [0.4, 0.5) is 11.4 Å². The molecule has 3 nitrogen and oxygen atoms in total. The van der Waals surface area contributed by atoms with E-state index in [2.05, 4.69) is 11.4 Å². The van der Waals surface area contributed by atoms with E-state index in [1.54, 1.807) is 18.2 Å². The third kappa shape index (κ3) is 3.06. The quantitative estimate of drug-likeness (QED) is 0.899. The molecule has 0 saturated carbocycles. The van der Waals surface area contributed by atoms with Gasteiger partial charge in [0.1, 0.15) is 0 Å². The minimum atomic E-state index is 0.112. The molecule has 2 aromatic rings. The Bertz CT molecular complexity index is 683. The van der Waals surface area contributed by atoms with Crippen LogP contribution in [0.25, 0.3) is 0 Å². The molecule has 0 aromatic heterocycles. The number of hydrogen-bond acceptors (Lipinski definition) is 2. The number of anilines is 2. The van der Waals surface area contributed by atoms with Gasteiger partial charge in [-0.3, -0.25) is 4.79 Å². The predicted molar refractivity (Wildman–Crippen MR) is 92.1 cm³/mol. The molecule has 0 spiro atoms. The van der Waals surface area contributed by atoms with Gasteiger partial charge in [-0.2, -0.15) is 0 Å². The highest BCUT2D eigenvalue weighted by atomic mass is 35.5. The van der Waals surface area contributed by atoms with Gasteiger partial charge >= 0.3 is 0 Å². The van der Waals surface area contributed by atoms with Crippen LogP contribution in [0.2, 0.25) is 10.0 Å². The van der Waals surface area contributed by atoms with Crippen molar-refractivity contribution in [3.63, 3.8) is 0 Å². The highest BCUT2D eigenvalue weighted by molar-refractivity contribution is 6.39. The SMILES string of the molecule is O=C(CCNc1c(Cl)cccc1Cl)N1CCc2ccccc21. The lowest BCUT2D eigenvalue weighted by Gasteiger charge is -2.18. The van der Waals surface area contributed by atoms with E-state index in [1.165, 1.54) is 5.56 Å². The van der Waals surface area contributed by atoms with Crippen molar-refractivity contribution < 1.29 is 4.79 Å². The summed E-state index contributed by atoms with van der Waals surface area (Å²) in [6.45, 7) is 1.26. The van der Waals surface area contributed by atoms with Gasteiger partial charge in [0.05, 0.1) is 15.7 Å². The van der Waals surface area contributed by atoms with Crippen molar-refractivity contribution in [2.75, 3.05) is 23.3 Å².